The first-order valence-corrected chi connectivity index (χ1v) is 9.16. The Morgan fingerprint density at radius 3 is 3.00 bits per heavy atom. The third kappa shape index (κ3) is 4.28. The second-order valence-corrected chi connectivity index (χ2v) is 6.39. The van der Waals surface area contributed by atoms with Crippen LogP contribution < -0.4 is 10.6 Å². The van der Waals surface area contributed by atoms with Crippen molar-refractivity contribution in [2.24, 2.45) is 0 Å². The molecule has 0 saturated heterocycles. The minimum Gasteiger partial charge on any atom is -0.461 e. The average molecular weight is 377 g/mol. The van der Waals surface area contributed by atoms with E-state index < -0.39 is 5.97 Å². The third-order valence-electron chi connectivity index (χ3n) is 3.19. The van der Waals surface area contributed by atoms with Crippen molar-refractivity contribution in [1.82, 2.24) is 19.0 Å². The van der Waals surface area contributed by atoms with Gasteiger partial charge in [0.1, 0.15) is 11.0 Å². The van der Waals surface area contributed by atoms with E-state index in [4.69, 9.17) is 4.74 Å². The minimum absolute atomic E-state index is 0.300. The Labute approximate surface area is 151 Å². The van der Waals surface area contributed by atoms with Gasteiger partial charge in [-0.3, -0.25) is 0 Å². The van der Waals surface area contributed by atoms with Crippen LogP contribution in [0.4, 0.5) is 10.5 Å². The molecule has 0 aliphatic carbocycles. The first-order valence-electron chi connectivity index (χ1n) is 7.55. The molecule has 25 heavy (non-hydrogen) atoms. The molecule has 1 aromatic carbocycles. The van der Waals surface area contributed by atoms with Crippen LogP contribution in [0, 0.1) is 0 Å². The van der Waals surface area contributed by atoms with Crippen molar-refractivity contribution in [3.63, 3.8) is 0 Å². The van der Waals surface area contributed by atoms with Crippen molar-refractivity contribution in [2.75, 3.05) is 18.5 Å². The lowest BCUT2D eigenvalue weighted by atomic mass is 10.2. The summed E-state index contributed by atoms with van der Waals surface area (Å²) in [6.07, 6.45) is 0.528. The van der Waals surface area contributed by atoms with Gasteiger partial charge in [0.25, 0.3) is 0 Å². The zero-order valence-electron chi connectivity index (χ0n) is 13.3. The molecule has 0 fully saturated rings. The fourth-order valence-electron chi connectivity index (χ4n) is 2.08. The maximum absolute atomic E-state index is 12.0. The molecule has 8 nitrogen and oxygen atoms in total. The molecule has 10 heteroatoms. The van der Waals surface area contributed by atoms with Crippen LogP contribution in [-0.4, -0.2) is 38.9 Å². The maximum Gasteiger partial charge on any atom is 0.357 e. The number of carbonyl (C=O) groups excluding carboxylic acids is 2. The van der Waals surface area contributed by atoms with Gasteiger partial charge in [0.15, 0.2) is 5.69 Å². The molecule has 3 rings (SSSR count). The summed E-state index contributed by atoms with van der Waals surface area (Å²) in [7, 11) is 0. The summed E-state index contributed by atoms with van der Waals surface area (Å²) in [4.78, 5) is 27.8. The van der Waals surface area contributed by atoms with Gasteiger partial charge in [-0.1, -0.05) is 6.07 Å². The largest absolute Gasteiger partial charge is 0.461 e. The average Bonchev–Trinajstić information content (AvgIpc) is 3.24. The van der Waals surface area contributed by atoms with Crippen LogP contribution in [0.5, 0.6) is 0 Å². The Kier molecular flexibility index (Phi) is 5.51. The minimum atomic E-state index is -0.430. The summed E-state index contributed by atoms with van der Waals surface area (Å²) in [6.45, 7) is 2.46. The maximum atomic E-state index is 12.0. The molecule has 3 aromatic rings. The predicted octanol–water partition coefficient (Wildman–Crippen LogP) is 2.69. The highest BCUT2D eigenvalue weighted by atomic mass is 32.1. The number of rotatable bonds is 6. The van der Waals surface area contributed by atoms with Crippen molar-refractivity contribution >= 4 is 51.8 Å². The van der Waals surface area contributed by atoms with Gasteiger partial charge in [-0.25, -0.2) is 14.6 Å². The van der Waals surface area contributed by atoms with E-state index in [1.165, 1.54) is 11.3 Å². The number of hydrogen-bond donors (Lipinski definition) is 2. The van der Waals surface area contributed by atoms with Crippen LogP contribution in [0.1, 0.15) is 22.4 Å². The van der Waals surface area contributed by atoms with Gasteiger partial charge in [-0.15, -0.1) is 11.3 Å². The molecule has 2 amide bonds. The van der Waals surface area contributed by atoms with E-state index in [1.807, 2.05) is 12.1 Å². The highest BCUT2D eigenvalue weighted by Crippen LogP contribution is 2.20. The normalized spacial score (nSPS) is 10.6. The molecule has 2 N–H and O–H groups in total. The van der Waals surface area contributed by atoms with Crippen molar-refractivity contribution < 1.29 is 14.3 Å². The zero-order chi connectivity index (χ0) is 17.6. The van der Waals surface area contributed by atoms with Crippen molar-refractivity contribution in [3.05, 3.63) is 34.3 Å². The van der Waals surface area contributed by atoms with Crippen molar-refractivity contribution in [1.29, 1.82) is 0 Å². The first-order chi connectivity index (χ1) is 12.2. The standard InChI is InChI=1S/C15H15N5O3S2/c1-2-23-14(21)11-8-24-12(17-11)6-7-16-15(22)18-9-4-3-5-10-13(9)20-25-19-10/h3-5,8H,2,6-7H2,1H3,(H2,16,18,22). The Hall–Kier alpha value is -2.59. The van der Waals surface area contributed by atoms with Crippen LogP contribution in [0.25, 0.3) is 11.0 Å². The molecule has 0 spiro atoms. The van der Waals surface area contributed by atoms with Gasteiger partial charge < -0.3 is 15.4 Å². The summed E-state index contributed by atoms with van der Waals surface area (Å²) in [5.41, 5.74) is 2.33. The summed E-state index contributed by atoms with van der Waals surface area (Å²) in [5.74, 6) is -0.430. The number of aromatic nitrogens is 3. The van der Waals surface area contributed by atoms with E-state index in [0.29, 0.717) is 36.5 Å². The number of thiazole rings is 1. The fourth-order valence-corrected chi connectivity index (χ4v) is 3.40. The number of hydrogen-bond acceptors (Lipinski definition) is 8. The molecule has 0 radical (unpaired) electrons. The first kappa shape index (κ1) is 17.2. The number of esters is 1. The quantitative estimate of drug-likeness (QED) is 0.640. The van der Waals surface area contributed by atoms with Crippen LogP contribution in [0.2, 0.25) is 0 Å². The number of amides is 2. The van der Waals surface area contributed by atoms with E-state index >= 15 is 0 Å². The Morgan fingerprint density at radius 1 is 1.28 bits per heavy atom. The van der Waals surface area contributed by atoms with Crippen LogP contribution in [-0.2, 0) is 11.2 Å². The van der Waals surface area contributed by atoms with Gasteiger partial charge in [0, 0.05) is 18.3 Å². The number of anilines is 1. The van der Waals surface area contributed by atoms with Crippen LogP contribution in [0.3, 0.4) is 0 Å². The van der Waals surface area contributed by atoms with Gasteiger partial charge in [0.2, 0.25) is 0 Å². The lowest BCUT2D eigenvalue weighted by Crippen LogP contribution is -2.30. The molecule has 0 bridgehead atoms. The number of benzene rings is 1. The van der Waals surface area contributed by atoms with Crippen molar-refractivity contribution in [2.45, 2.75) is 13.3 Å². The molecular formula is C15H15N5O3S2. The second kappa shape index (κ2) is 7.99. The lowest BCUT2D eigenvalue weighted by molar-refractivity contribution is 0.0520. The van der Waals surface area contributed by atoms with Gasteiger partial charge >= 0.3 is 12.0 Å². The van der Waals surface area contributed by atoms with Crippen LogP contribution in [0.15, 0.2) is 23.6 Å². The van der Waals surface area contributed by atoms with E-state index in [1.54, 1.807) is 18.4 Å². The highest BCUT2D eigenvalue weighted by Gasteiger charge is 2.12. The smallest absolute Gasteiger partial charge is 0.357 e. The summed E-state index contributed by atoms with van der Waals surface area (Å²) in [5, 5.41) is 7.93. The number of nitrogens with zero attached hydrogens (tertiary/aromatic N) is 3. The highest BCUT2D eigenvalue weighted by molar-refractivity contribution is 7.09. The molecule has 2 heterocycles. The Balaban J connectivity index is 1.50. The predicted molar refractivity (Wildman–Crippen MR) is 96.2 cm³/mol. The monoisotopic (exact) mass is 377 g/mol. The van der Waals surface area contributed by atoms with Crippen LogP contribution >= 0.6 is 23.1 Å². The molecule has 0 saturated carbocycles. The third-order valence-corrected chi connectivity index (χ3v) is 4.65. The lowest BCUT2D eigenvalue weighted by Gasteiger charge is -2.07. The number of fused-ring (bicyclic) bond motifs is 1. The van der Waals surface area contributed by atoms with E-state index in [9.17, 15) is 9.59 Å². The number of carbonyl (C=O) groups is 2. The Bertz CT molecular complexity index is 892. The van der Waals surface area contributed by atoms with Crippen molar-refractivity contribution in [3.8, 4) is 0 Å². The number of urea groups is 1. The SMILES string of the molecule is CCOC(=O)c1csc(CCNC(=O)Nc2cccc3nsnc23)n1. The Morgan fingerprint density at radius 2 is 2.16 bits per heavy atom. The number of ether oxygens (including phenoxy) is 1. The molecule has 0 aliphatic rings. The molecule has 0 atom stereocenters. The topological polar surface area (TPSA) is 106 Å². The van der Waals surface area contributed by atoms with E-state index in [2.05, 4.69) is 24.4 Å². The summed E-state index contributed by atoms with van der Waals surface area (Å²) >= 11 is 2.46. The van der Waals surface area contributed by atoms with E-state index in [-0.39, 0.29) is 6.03 Å². The molecule has 130 valence electrons. The molecule has 0 unspecified atom stereocenters. The van der Waals surface area contributed by atoms with Gasteiger partial charge in [0.05, 0.1) is 29.0 Å². The molecule has 2 aromatic heterocycles. The summed E-state index contributed by atoms with van der Waals surface area (Å²) in [6, 6.07) is 5.09. The molecular weight excluding hydrogens is 362 g/mol. The fraction of sp³-hybridized carbons (Fsp3) is 0.267. The second-order valence-electron chi connectivity index (χ2n) is 4.92. The summed E-state index contributed by atoms with van der Waals surface area (Å²) < 4.78 is 13.2. The van der Waals surface area contributed by atoms with Gasteiger partial charge in [-0.05, 0) is 19.1 Å². The number of nitrogens with one attached hydrogen (secondary N) is 2. The zero-order valence-corrected chi connectivity index (χ0v) is 14.9. The molecule has 0 aliphatic heterocycles. The van der Waals surface area contributed by atoms with Gasteiger partial charge in [-0.2, -0.15) is 8.75 Å². The van der Waals surface area contributed by atoms with E-state index in [0.717, 1.165) is 22.3 Å².